The van der Waals surface area contributed by atoms with E-state index in [-0.39, 0.29) is 17.7 Å². The van der Waals surface area contributed by atoms with Crippen molar-refractivity contribution in [1.82, 2.24) is 10.2 Å². The molecule has 0 aromatic carbocycles. The fraction of sp³-hybridized carbons (Fsp3) is 0.909. The molecule has 0 aliphatic carbocycles. The van der Waals surface area contributed by atoms with Crippen LogP contribution in [0.25, 0.3) is 0 Å². The number of amides is 1. The summed E-state index contributed by atoms with van der Waals surface area (Å²) in [5.74, 6) is 0.304. The molecular weight excluding hydrogens is 244 g/mol. The highest BCUT2D eigenvalue weighted by Crippen LogP contribution is 2.15. The van der Waals surface area contributed by atoms with Crippen LogP contribution in [0.3, 0.4) is 0 Å². The quantitative estimate of drug-likeness (QED) is 0.823. The van der Waals surface area contributed by atoms with Crippen molar-refractivity contribution in [2.75, 3.05) is 25.9 Å². The molecule has 2 atom stereocenters. The number of rotatable bonds is 5. The molecule has 1 amide bonds. The van der Waals surface area contributed by atoms with E-state index < -0.39 is 0 Å². The van der Waals surface area contributed by atoms with E-state index in [1.165, 1.54) is 0 Å². The Bertz CT molecular complexity index is 210. The molecule has 0 aromatic heterocycles. The second-order valence-electron chi connectivity index (χ2n) is 4.06. The molecule has 1 rings (SSSR count). The molecule has 1 heterocycles. The van der Waals surface area contributed by atoms with E-state index >= 15 is 0 Å². The average Bonchev–Trinajstić information content (AvgIpc) is 2.77. The van der Waals surface area contributed by atoms with Crippen LogP contribution in [0.2, 0.25) is 0 Å². The Labute approximate surface area is 109 Å². The smallest absolute Gasteiger partial charge is 0.235 e. The van der Waals surface area contributed by atoms with E-state index in [1.54, 1.807) is 11.8 Å². The van der Waals surface area contributed by atoms with Crippen LogP contribution in [0.5, 0.6) is 0 Å². The second kappa shape index (κ2) is 8.20. The molecule has 0 radical (unpaired) electrons. The van der Waals surface area contributed by atoms with E-state index in [1.807, 2.05) is 13.2 Å². The summed E-state index contributed by atoms with van der Waals surface area (Å²) in [5, 5.41) is 3.42. The first kappa shape index (κ1) is 16.1. The van der Waals surface area contributed by atoms with Crippen molar-refractivity contribution in [3.05, 3.63) is 0 Å². The highest BCUT2D eigenvalue weighted by molar-refractivity contribution is 7.99. The molecule has 1 fully saturated rings. The van der Waals surface area contributed by atoms with Crippen LogP contribution < -0.4 is 5.32 Å². The summed E-state index contributed by atoms with van der Waals surface area (Å²) in [6, 6.07) is 0.423. The van der Waals surface area contributed by atoms with E-state index in [9.17, 15) is 4.79 Å². The third-order valence-corrected chi connectivity index (χ3v) is 3.83. The van der Waals surface area contributed by atoms with Gasteiger partial charge in [-0.25, -0.2) is 0 Å². The van der Waals surface area contributed by atoms with Gasteiger partial charge < -0.3 is 10.2 Å². The second-order valence-corrected chi connectivity index (χ2v) is 5.23. The standard InChI is InChI=1S/C11H22N2OS.ClH/c1-4-7-13(10-5-6-12-8-10)11(14)9(2)15-3;/h9-10,12H,4-8H2,1-3H3;1H. The summed E-state index contributed by atoms with van der Waals surface area (Å²) in [5.41, 5.74) is 0. The van der Waals surface area contributed by atoms with Crippen molar-refractivity contribution >= 4 is 30.1 Å². The van der Waals surface area contributed by atoms with Crippen LogP contribution in [0.4, 0.5) is 0 Å². The topological polar surface area (TPSA) is 32.3 Å². The number of thioether (sulfide) groups is 1. The van der Waals surface area contributed by atoms with Gasteiger partial charge in [-0.3, -0.25) is 4.79 Å². The molecule has 1 aliphatic heterocycles. The minimum absolute atomic E-state index is 0. The Balaban J connectivity index is 0.00000225. The zero-order valence-corrected chi connectivity index (χ0v) is 12.0. The zero-order valence-electron chi connectivity index (χ0n) is 10.4. The maximum absolute atomic E-state index is 12.1. The molecule has 2 unspecified atom stereocenters. The number of carbonyl (C=O) groups excluding carboxylic acids is 1. The van der Waals surface area contributed by atoms with Crippen molar-refractivity contribution < 1.29 is 4.79 Å². The average molecular weight is 267 g/mol. The highest BCUT2D eigenvalue weighted by Gasteiger charge is 2.28. The van der Waals surface area contributed by atoms with Crippen molar-refractivity contribution in [3.8, 4) is 0 Å². The van der Waals surface area contributed by atoms with Crippen molar-refractivity contribution in [3.63, 3.8) is 0 Å². The third-order valence-electron chi connectivity index (χ3n) is 2.92. The number of carbonyl (C=O) groups is 1. The molecule has 3 nitrogen and oxygen atoms in total. The van der Waals surface area contributed by atoms with Crippen LogP contribution in [0.1, 0.15) is 26.7 Å². The Morgan fingerprint density at radius 1 is 1.62 bits per heavy atom. The highest BCUT2D eigenvalue weighted by atomic mass is 35.5. The van der Waals surface area contributed by atoms with Crippen molar-refractivity contribution in [1.29, 1.82) is 0 Å². The van der Waals surface area contributed by atoms with Gasteiger partial charge in [0, 0.05) is 19.1 Å². The fourth-order valence-electron chi connectivity index (χ4n) is 1.95. The van der Waals surface area contributed by atoms with Crippen LogP contribution >= 0.6 is 24.2 Å². The molecule has 16 heavy (non-hydrogen) atoms. The van der Waals surface area contributed by atoms with Crippen LogP contribution in [-0.2, 0) is 4.79 Å². The fourth-order valence-corrected chi connectivity index (χ4v) is 2.29. The SMILES string of the molecule is CCCN(C(=O)C(C)SC)C1CCNC1.Cl. The maximum atomic E-state index is 12.1. The number of halogens is 1. The zero-order chi connectivity index (χ0) is 11.3. The third kappa shape index (κ3) is 4.15. The monoisotopic (exact) mass is 266 g/mol. The molecule has 1 N–H and O–H groups in total. The molecule has 1 saturated heterocycles. The molecule has 5 heteroatoms. The number of hydrogen-bond donors (Lipinski definition) is 1. The minimum Gasteiger partial charge on any atom is -0.337 e. The van der Waals surface area contributed by atoms with Gasteiger partial charge in [-0.2, -0.15) is 11.8 Å². The Morgan fingerprint density at radius 3 is 2.75 bits per heavy atom. The minimum atomic E-state index is 0. The largest absolute Gasteiger partial charge is 0.337 e. The summed E-state index contributed by atoms with van der Waals surface area (Å²) in [6.45, 7) is 7.04. The molecule has 0 aromatic rings. The summed E-state index contributed by atoms with van der Waals surface area (Å²) < 4.78 is 0. The van der Waals surface area contributed by atoms with Crippen LogP contribution in [0, 0.1) is 0 Å². The summed E-state index contributed by atoms with van der Waals surface area (Å²) in [4.78, 5) is 14.2. The lowest BCUT2D eigenvalue weighted by atomic mass is 10.2. The molecule has 0 spiro atoms. The maximum Gasteiger partial charge on any atom is 0.235 e. The lowest BCUT2D eigenvalue weighted by Crippen LogP contribution is -2.45. The van der Waals surface area contributed by atoms with Gasteiger partial charge in [-0.1, -0.05) is 6.92 Å². The predicted octanol–water partition coefficient (Wildman–Crippen LogP) is 1.76. The van der Waals surface area contributed by atoms with Gasteiger partial charge in [0.25, 0.3) is 0 Å². The van der Waals surface area contributed by atoms with Gasteiger partial charge in [0.05, 0.1) is 5.25 Å². The van der Waals surface area contributed by atoms with Gasteiger partial charge >= 0.3 is 0 Å². The first-order valence-electron chi connectivity index (χ1n) is 5.74. The number of nitrogens with one attached hydrogen (secondary N) is 1. The first-order valence-corrected chi connectivity index (χ1v) is 7.03. The molecule has 1 aliphatic rings. The van der Waals surface area contributed by atoms with Gasteiger partial charge in [0.15, 0.2) is 0 Å². The molecule has 0 bridgehead atoms. The molecule has 96 valence electrons. The molecular formula is C11H23ClN2OS. The Morgan fingerprint density at radius 2 is 2.31 bits per heavy atom. The summed E-state index contributed by atoms with van der Waals surface area (Å²) in [7, 11) is 0. The Hall–Kier alpha value is 0.0700. The van der Waals surface area contributed by atoms with Gasteiger partial charge in [-0.15, -0.1) is 12.4 Å². The van der Waals surface area contributed by atoms with E-state index in [0.29, 0.717) is 11.9 Å². The summed E-state index contributed by atoms with van der Waals surface area (Å²) in [6.07, 6.45) is 4.15. The van der Waals surface area contributed by atoms with Crippen LogP contribution in [0.15, 0.2) is 0 Å². The van der Waals surface area contributed by atoms with Crippen molar-refractivity contribution in [2.45, 2.75) is 38.0 Å². The summed E-state index contributed by atoms with van der Waals surface area (Å²) >= 11 is 1.63. The van der Waals surface area contributed by atoms with E-state index in [0.717, 1.165) is 32.5 Å². The number of nitrogens with zero attached hydrogens (tertiary/aromatic N) is 1. The van der Waals surface area contributed by atoms with Crippen LogP contribution in [-0.4, -0.2) is 48.0 Å². The number of hydrogen-bond acceptors (Lipinski definition) is 3. The normalized spacial score (nSPS) is 21.3. The molecule has 0 saturated carbocycles. The van der Waals surface area contributed by atoms with E-state index in [4.69, 9.17) is 0 Å². The lowest BCUT2D eigenvalue weighted by Gasteiger charge is -2.30. The lowest BCUT2D eigenvalue weighted by molar-refractivity contribution is -0.132. The Kier molecular flexibility index (Phi) is 8.24. The van der Waals surface area contributed by atoms with Crippen molar-refractivity contribution in [2.24, 2.45) is 0 Å². The first-order chi connectivity index (χ1) is 7.20. The van der Waals surface area contributed by atoms with E-state index in [2.05, 4.69) is 17.1 Å². The van der Waals surface area contributed by atoms with Gasteiger partial charge in [0.2, 0.25) is 5.91 Å². The van der Waals surface area contributed by atoms with Gasteiger partial charge in [0.1, 0.15) is 0 Å². The predicted molar refractivity (Wildman–Crippen MR) is 73.5 cm³/mol. The van der Waals surface area contributed by atoms with Gasteiger partial charge in [-0.05, 0) is 32.6 Å².